The number of benzene rings is 1. The van der Waals surface area contributed by atoms with Crippen molar-refractivity contribution in [1.29, 1.82) is 0 Å². The number of nitrogens with one attached hydrogen (secondary N) is 1. The van der Waals surface area contributed by atoms with Gasteiger partial charge in [0.2, 0.25) is 0 Å². The van der Waals surface area contributed by atoms with Gasteiger partial charge in [-0.05, 0) is 56.9 Å². The lowest BCUT2D eigenvalue weighted by Gasteiger charge is -2.53. The minimum absolute atomic E-state index is 0.00703. The molecule has 1 aromatic heterocycles. The molecule has 1 fully saturated rings. The second kappa shape index (κ2) is 13.5. The van der Waals surface area contributed by atoms with Gasteiger partial charge in [-0.15, -0.1) is 0 Å². The van der Waals surface area contributed by atoms with E-state index in [4.69, 9.17) is 24.1 Å². The molecule has 0 bridgehead atoms. The molecule has 2 aromatic rings. The van der Waals surface area contributed by atoms with Crippen LogP contribution in [0.15, 0.2) is 30.3 Å². The molecule has 0 unspecified atom stereocenters. The van der Waals surface area contributed by atoms with Gasteiger partial charge < -0.3 is 33.9 Å². The van der Waals surface area contributed by atoms with Crippen molar-refractivity contribution >= 4 is 28.5 Å². The number of hydrogen-bond donors (Lipinski definition) is 2. The molecule has 0 saturated carbocycles. The largest absolute Gasteiger partial charge is 0.462 e. The predicted molar refractivity (Wildman–Crippen MR) is 154 cm³/mol. The summed E-state index contributed by atoms with van der Waals surface area (Å²) in [5.74, 6) is -0.759. The molecule has 10 heteroatoms. The number of amides is 1. The van der Waals surface area contributed by atoms with Crippen molar-refractivity contribution in [1.82, 2.24) is 14.8 Å². The van der Waals surface area contributed by atoms with Crippen LogP contribution in [0.25, 0.3) is 16.6 Å². The zero-order valence-electron chi connectivity index (χ0n) is 24.2. The van der Waals surface area contributed by atoms with Crippen LogP contribution < -0.4 is 5.32 Å². The van der Waals surface area contributed by atoms with Crippen LogP contribution in [0, 0.1) is 5.41 Å². The van der Waals surface area contributed by atoms with Crippen LogP contribution in [0.1, 0.15) is 50.4 Å². The number of carbonyl (C=O) groups excluding carboxylic acids is 2. The van der Waals surface area contributed by atoms with Gasteiger partial charge in [0.1, 0.15) is 18.3 Å². The zero-order valence-corrected chi connectivity index (χ0v) is 24.2. The number of para-hydroxylation sites is 1. The number of aliphatic hydroxyl groups excluding tert-OH is 1. The number of ether oxygens (including phenoxy) is 4. The third-order valence-electron chi connectivity index (χ3n) is 8.63. The third kappa shape index (κ3) is 6.08. The molecule has 0 spiro atoms. The standard InChI is InChI=1S/C31H43N3O7/c1-3-31-10-6-11-33-12-9-24-23-7-4-5-8-25(23)34(27(24)28(31)33)26(21-31)29(36)32-22(2)30(37)41-20-19-40-18-17-39-16-15-38-14-13-35/h4-5,7-8,21-22,28,35H,3,6,9-20H2,1-2H3,(H,32,36)/t22-,28+,31-/m0/s1. The maximum absolute atomic E-state index is 13.8. The maximum Gasteiger partial charge on any atom is 0.328 e. The van der Waals surface area contributed by atoms with Crippen molar-refractivity contribution in [2.45, 2.75) is 51.6 Å². The molecule has 41 heavy (non-hydrogen) atoms. The van der Waals surface area contributed by atoms with Crippen LogP contribution in [0.3, 0.4) is 0 Å². The number of carbonyl (C=O) groups is 2. The topological polar surface area (TPSA) is 111 Å². The molecule has 0 aliphatic carbocycles. The van der Waals surface area contributed by atoms with Gasteiger partial charge in [-0.3, -0.25) is 9.69 Å². The number of fused-ring (bicyclic) bond motifs is 3. The quantitative estimate of drug-likeness (QED) is 0.249. The number of nitrogens with zero attached hydrogens (tertiary/aromatic N) is 2. The van der Waals surface area contributed by atoms with Gasteiger partial charge in [0.05, 0.1) is 57.8 Å². The third-order valence-corrected chi connectivity index (χ3v) is 8.63. The Morgan fingerprint density at radius 3 is 2.49 bits per heavy atom. The van der Waals surface area contributed by atoms with Gasteiger partial charge >= 0.3 is 5.97 Å². The molecule has 1 aromatic carbocycles. The highest BCUT2D eigenvalue weighted by Crippen LogP contribution is 2.56. The number of piperidine rings is 1. The first-order valence-corrected chi connectivity index (χ1v) is 14.9. The maximum atomic E-state index is 13.8. The van der Waals surface area contributed by atoms with Gasteiger partial charge in [-0.2, -0.15) is 0 Å². The SMILES string of the molecule is CC[C@@]12C=C(C(=O)N[C@@H](C)C(=O)OCCOCCOCCOCCO)n3c4c(c5ccccc53)CCN(CCC1)[C@H]42. The molecule has 1 saturated heterocycles. The summed E-state index contributed by atoms with van der Waals surface area (Å²) in [7, 11) is 0. The van der Waals surface area contributed by atoms with E-state index in [1.807, 2.05) is 6.07 Å². The van der Waals surface area contributed by atoms with Gasteiger partial charge in [0.15, 0.2) is 0 Å². The zero-order chi connectivity index (χ0) is 28.8. The van der Waals surface area contributed by atoms with E-state index in [0.717, 1.165) is 44.3 Å². The number of aliphatic hydroxyl groups is 1. The van der Waals surface area contributed by atoms with Crippen LogP contribution >= 0.6 is 0 Å². The van der Waals surface area contributed by atoms with Crippen molar-refractivity contribution in [3.05, 3.63) is 41.6 Å². The molecule has 3 atom stereocenters. The highest BCUT2D eigenvalue weighted by Gasteiger charge is 2.51. The van der Waals surface area contributed by atoms with E-state index in [-0.39, 0.29) is 37.2 Å². The predicted octanol–water partition coefficient (Wildman–Crippen LogP) is 2.68. The van der Waals surface area contributed by atoms with Crippen LogP contribution in [-0.4, -0.2) is 98.4 Å². The molecular weight excluding hydrogens is 526 g/mol. The smallest absolute Gasteiger partial charge is 0.328 e. The summed E-state index contributed by atoms with van der Waals surface area (Å²) >= 11 is 0. The van der Waals surface area contributed by atoms with E-state index in [2.05, 4.69) is 46.0 Å². The van der Waals surface area contributed by atoms with E-state index < -0.39 is 12.0 Å². The second-order valence-electron chi connectivity index (χ2n) is 11.0. The molecule has 1 amide bonds. The van der Waals surface area contributed by atoms with Crippen molar-refractivity contribution in [3.8, 4) is 0 Å². The molecule has 2 N–H and O–H groups in total. The fourth-order valence-corrected chi connectivity index (χ4v) is 6.71. The van der Waals surface area contributed by atoms with Gasteiger partial charge in [-0.25, -0.2) is 4.79 Å². The van der Waals surface area contributed by atoms with Crippen molar-refractivity contribution < 1.29 is 33.6 Å². The number of esters is 1. The average Bonchev–Trinajstić information content (AvgIpc) is 3.33. The summed E-state index contributed by atoms with van der Waals surface area (Å²) in [4.78, 5) is 29.1. The van der Waals surface area contributed by atoms with E-state index in [1.165, 1.54) is 16.6 Å². The van der Waals surface area contributed by atoms with E-state index in [9.17, 15) is 9.59 Å². The summed E-state index contributed by atoms with van der Waals surface area (Å²) in [5, 5.41) is 12.8. The molecule has 224 valence electrons. The van der Waals surface area contributed by atoms with Crippen molar-refractivity contribution in [2.24, 2.45) is 5.41 Å². The normalized spacial score (nSPS) is 22.2. The summed E-state index contributed by atoms with van der Waals surface area (Å²) in [6.07, 6.45) is 6.28. The Kier molecular flexibility index (Phi) is 9.77. The molecule has 4 heterocycles. The van der Waals surface area contributed by atoms with E-state index in [1.54, 1.807) is 6.92 Å². The van der Waals surface area contributed by atoms with Crippen molar-refractivity contribution in [3.63, 3.8) is 0 Å². The van der Waals surface area contributed by atoms with Gasteiger partial charge in [0, 0.05) is 23.0 Å². The Hall–Kier alpha value is -2.76. The lowest BCUT2D eigenvalue weighted by atomic mass is 9.66. The van der Waals surface area contributed by atoms with Gasteiger partial charge in [-0.1, -0.05) is 25.1 Å². The molecule has 10 nitrogen and oxygen atoms in total. The minimum Gasteiger partial charge on any atom is -0.462 e. The summed E-state index contributed by atoms with van der Waals surface area (Å²) < 4.78 is 23.4. The molecule has 0 radical (unpaired) electrons. The highest BCUT2D eigenvalue weighted by atomic mass is 16.6. The molecule has 3 aliphatic rings. The van der Waals surface area contributed by atoms with Crippen LogP contribution in [0.5, 0.6) is 0 Å². The Morgan fingerprint density at radius 1 is 1.05 bits per heavy atom. The second-order valence-corrected chi connectivity index (χ2v) is 11.0. The Bertz CT molecular complexity index is 1260. The first-order chi connectivity index (χ1) is 20.0. The fourth-order valence-electron chi connectivity index (χ4n) is 6.71. The van der Waals surface area contributed by atoms with Crippen molar-refractivity contribution in [2.75, 3.05) is 65.9 Å². The van der Waals surface area contributed by atoms with E-state index >= 15 is 0 Å². The Morgan fingerprint density at radius 2 is 1.76 bits per heavy atom. The fraction of sp³-hybridized carbons (Fsp3) is 0.613. The Labute approximate surface area is 241 Å². The number of rotatable bonds is 15. The first kappa shape index (κ1) is 29.7. The lowest BCUT2D eigenvalue weighted by molar-refractivity contribution is -0.148. The first-order valence-electron chi connectivity index (χ1n) is 14.9. The Balaban J connectivity index is 1.20. The lowest BCUT2D eigenvalue weighted by Crippen LogP contribution is -2.52. The van der Waals surface area contributed by atoms with Crippen LogP contribution in [0.2, 0.25) is 0 Å². The summed E-state index contributed by atoms with van der Waals surface area (Å²) in [5.41, 5.74) is 4.15. The monoisotopic (exact) mass is 569 g/mol. The highest BCUT2D eigenvalue weighted by molar-refractivity contribution is 6.17. The van der Waals surface area contributed by atoms with Crippen LogP contribution in [0.4, 0.5) is 0 Å². The molecule has 5 rings (SSSR count). The number of hydrogen-bond acceptors (Lipinski definition) is 8. The van der Waals surface area contributed by atoms with Gasteiger partial charge in [0.25, 0.3) is 5.91 Å². The van der Waals surface area contributed by atoms with Crippen LogP contribution in [-0.2, 0) is 35.0 Å². The summed E-state index contributed by atoms with van der Waals surface area (Å²) in [6.45, 7) is 8.23. The number of aromatic nitrogens is 1. The summed E-state index contributed by atoms with van der Waals surface area (Å²) in [6, 6.07) is 7.81. The average molecular weight is 570 g/mol. The molecule has 3 aliphatic heterocycles. The molecular formula is C31H43N3O7. The van der Waals surface area contributed by atoms with E-state index in [0.29, 0.717) is 38.7 Å². The minimum atomic E-state index is -0.804.